The van der Waals surface area contributed by atoms with E-state index in [0.717, 1.165) is 17.8 Å². The molecule has 1 aromatic carbocycles. The molecule has 1 unspecified atom stereocenters. The predicted molar refractivity (Wildman–Crippen MR) is 74.8 cm³/mol. The molecule has 1 fully saturated rings. The average molecular weight is 263 g/mol. The van der Waals surface area contributed by atoms with Gasteiger partial charge in [-0.1, -0.05) is 12.1 Å². The summed E-state index contributed by atoms with van der Waals surface area (Å²) in [5.41, 5.74) is 7.06. The number of ether oxygens (including phenoxy) is 1. The van der Waals surface area contributed by atoms with Gasteiger partial charge in [-0.15, -0.1) is 0 Å². The first-order chi connectivity index (χ1) is 8.99. The molecule has 1 amide bonds. The minimum absolute atomic E-state index is 0.174. The molecule has 0 saturated carbocycles. The van der Waals surface area contributed by atoms with E-state index in [1.807, 2.05) is 38.4 Å². The van der Waals surface area contributed by atoms with Crippen molar-refractivity contribution in [1.29, 1.82) is 0 Å². The average Bonchev–Trinajstić information content (AvgIpc) is 2.77. The first kappa shape index (κ1) is 14.0. The van der Waals surface area contributed by atoms with E-state index in [-0.39, 0.29) is 12.5 Å². The van der Waals surface area contributed by atoms with E-state index < -0.39 is 5.54 Å². The van der Waals surface area contributed by atoms with Gasteiger partial charge in [0.25, 0.3) is 0 Å². The van der Waals surface area contributed by atoms with Crippen molar-refractivity contribution in [3.63, 3.8) is 0 Å². The van der Waals surface area contributed by atoms with Crippen molar-refractivity contribution in [2.45, 2.75) is 18.5 Å². The zero-order valence-corrected chi connectivity index (χ0v) is 11.5. The van der Waals surface area contributed by atoms with E-state index in [2.05, 4.69) is 10.2 Å². The van der Waals surface area contributed by atoms with Crippen LogP contribution in [-0.4, -0.2) is 43.7 Å². The molecule has 0 radical (unpaired) electrons. The molecule has 5 heteroatoms. The van der Waals surface area contributed by atoms with Gasteiger partial charge in [0.2, 0.25) is 5.91 Å². The van der Waals surface area contributed by atoms with Crippen molar-refractivity contribution >= 4 is 11.6 Å². The van der Waals surface area contributed by atoms with Crippen LogP contribution in [0.2, 0.25) is 0 Å². The summed E-state index contributed by atoms with van der Waals surface area (Å²) < 4.78 is 5.20. The number of carbonyl (C=O) groups is 1. The van der Waals surface area contributed by atoms with Crippen molar-refractivity contribution in [2.24, 2.45) is 5.73 Å². The summed E-state index contributed by atoms with van der Waals surface area (Å²) >= 11 is 0. The number of nitrogens with two attached hydrogens (primary N) is 1. The van der Waals surface area contributed by atoms with Crippen LogP contribution in [0.5, 0.6) is 0 Å². The van der Waals surface area contributed by atoms with Crippen LogP contribution in [0.4, 0.5) is 5.69 Å². The third kappa shape index (κ3) is 3.53. The number of amides is 1. The highest BCUT2D eigenvalue weighted by atomic mass is 16.5. The molecule has 19 heavy (non-hydrogen) atoms. The molecular weight excluding hydrogens is 242 g/mol. The molecule has 1 aliphatic heterocycles. The molecule has 3 N–H and O–H groups in total. The summed E-state index contributed by atoms with van der Waals surface area (Å²) in [6.45, 7) is 1.67. The number of nitrogens with one attached hydrogen (secondary N) is 1. The summed E-state index contributed by atoms with van der Waals surface area (Å²) in [6.07, 6.45) is 0.566. The van der Waals surface area contributed by atoms with Crippen molar-refractivity contribution in [2.75, 3.05) is 32.6 Å². The van der Waals surface area contributed by atoms with E-state index in [1.54, 1.807) is 0 Å². The summed E-state index contributed by atoms with van der Waals surface area (Å²) in [5, 5.41) is 2.88. The topological polar surface area (TPSA) is 67.6 Å². The fourth-order valence-corrected chi connectivity index (χ4v) is 2.13. The largest absolute Gasteiger partial charge is 0.379 e. The SMILES string of the molecule is CN(C)Cc1cccc(NC(=O)C2(N)CCOC2)c1. The Hall–Kier alpha value is -1.43. The highest BCUT2D eigenvalue weighted by Crippen LogP contribution is 2.19. The molecule has 1 aromatic rings. The first-order valence-corrected chi connectivity index (χ1v) is 6.41. The van der Waals surface area contributed by atoms with E-state index in [4.69, 9.17) is 10.5 Å². The van der Waals surface area contributed by atoms with Crippen molar-refractivity contribution in [1.82, 2.24) is 4.90 Å². The Bertz CT molecular complexity index is 454. The third-order valence-electron chi connectivity index (χ3n) is 3.19. The second-order valence-corrected chi connectivity index (χ2v) is 5.35. The lowest BCUT2D eigenvalue weighted by atomic mass is 9.99. The summed E-state index contributed by atoms with van der Waals surface area (Å²) in [5.74, 6) is -0.174. The molecule has 1 saturated heterocycles. The van der Waals surface area contributed by atoms with Gasteiger partial charge in [0.15, 0.2) is 0 Å². The standard InChI is InChI=1S/C14H21N3O2/c1-17(2)9-11-4-3-5-12(8-11)16-13(18)14(15)6-7-19-10-14/h3-5,8H,6-7,9-10,15H2,1-2H3,(H,16,18). The third-order valence-corrected chi connectivity index (χ3v) is 3.19. The van der Waals surface area contributed by atoms with Crippen molar-refractivity contribution < 1.29 is 9.53 Å². The van der Waals surface area contributed by atoms with Crippen LogP contribution < -0.4 is 11.1 Å². The maximum atomic E-state index is 12.1. The second-order valence-electron chi connectivity index (χ2n) is 5.35. The van der Waals surface area contributed by atoms with Gasteiger partial charge >= 0.3 is 0 Å². The molecule has 0 spiro atoms. The highest BCUT2D eigenvalue weighted by molar-refractivity contribution is 5.98. The number of rotatable bonds is 4. The van der Waals surface area contributed by atoms with Gasteiger partial charge in [0.05, 0.1) is 6.61 Å². The van der Waals surface area contributed by atoms with Crippen molar-refractivity contribution in [3.8, 4) is 0 Å². The Morgan fingerprint density at radius 1 is 1.53 bits per heavy atom. The molecule has 1 aliphatic rings. The lowest BCUT2D eigenvalue weighted by Crippen LogP contribution is -2.51. The van der Waals surface area contributed by atoms with Gasteiger partial charge in [0, 0.05) is 18.8 Å². The van der Waals surface area contributed by atoms with Crippen LogP contribution in [0.15, 0.2) is 24.3 Å². The molecule has 104 valence electrons. The minimum Gasteiger partial charge on any atom is -0.379 e. The number of benzene rings is 1. The molecule has 1 heterocycles. The van der Waals surface area contributed by atoms with E-state index >= 15 is 0 Å². The zero-order valence-electron chi connectivity index (χ0n) is 11.5. The maximum Gasteiger partial charge on any atom is 0.246 e. The summed E-state index contributed by atoms with van der Waals surface area (Å²) in [6, 6.07) is 7.81. The van der Waals surface area contributed by atoms with Crippen LogP contribution in [0, 0.1) is 0 Å². The Morgan fingerprint density at radius 3 is 2.95 bits per heavy atom. The van der Waals surface area contributed by atoms with E-state index in [0.29, 0.717) is 13.0 Å². The van der Waals surface area contributed by atoms with Gasteiger partial charge in [-0.25, -0.2) is 0 Å². The molecule has 0 bridgehead atoms. The summed E-state index contributed by atoms with van der Waals surface area (Å²) in [7, 11) is 4.02. The fraction of sp³-hybridized carbons (Fsp3) is 0.500. The lowest BCUT2D eigenvalue weighted by molar-refractivity contribution is -0.121. The molecule has 1 atom stereocenters. The smallest absolute Gasteiger partial charge is 0.246 e. The number of nitrogens with zero attached hydrogens (tertiary/aromatic N) is 1. The quantitative estimate of drug-likeness (QED) is 0.843. The second kappa shape index (κ2) is 5.69. The molecule has 5 nitrogen and oxygen atoms in total. The first-order valence-electron chi connectivity index (χ1n) is 6.41. The van der Waals surface area contributed by atoms with Gasteiger partial charge in [0.1, 0.15) is 5.54 Å². The Labute approximate surface area is 113 Å². The van der Waals surface area contributed by atoms with Crippen LogP contribution >= 0.6 is 0 Å². The molecule has 2 rings (SSSR count). The van der Waals surface area contributed by atoms with Gasteiger partial charge in [-0.3, -0.25) is 4.79 Å². The van der Waals surface area contributed by atoms with Gasteiger partial charge in [-0.05, 0) is 38.2 Å². The lowest BCUT2D eigenvalue weighted by Gasteiger charge is -2.21. The monoisotopic (exact) mass is 263 g/mol. The Kier molecular flexibility index (Phi) is 4.19. The predicted octanol–water partition coefficient (Wildman–Crippen LogP) is 0.805. The highest BCUT2D eigenvalue weighted by Gasteiger charge is 2.38. The van der Waals surface area contributed by atoms with Gasteiger partial charge in [-0.2, -0.15) is 0 Å². The Morgan fingerprint density at radius 2 is 2.32 bits per heavy atom. The number of carbonyl (C=O) groups excluding carboxylic acids is 1. The molecule has 0 aliphatic carbocycles. The van der Waals surface area contributed by atoms with E-state index in [1.165, 1.54) is 0 Å². The number of anilines is 1. The van der Waals surface area contributed by atoms with Gasteiger partial charge < -0.3 is 20.7 Å². The summed E-state index contributed by atoms with van der Waals surface area (Å²) in [4.78, 5) is 14.2. The minimum atomic E-state index is -0.891. The van der Waals surface area contributed by atoms with Crippen LogP contribution in [0.25, 0.3) is 0 Å². The maximum absolute atomic E-state index is 12.1. The zero-order chi connectivity index (χ0) is 13.9. The van der Waals surface area contributed by atoms with Crippen molar-refractivity contribution in [3.05, 3.63) is 29.8 Å². The van der Waals surface area contributed by atoms with Crippen LogP contribution in [-0.2, 0) is 16.1 Å². The van der Waals surface area contributed by atoms with E-state index in [9.17, 15) is 4.79 Å². The fourth-order valence-electron chi connectivity index (χ4n) is 2.13. The number of hydrogen-bond acceptors (Lipinski definition) is 4. The Balaban J connectivity index is 2.04. The number of hydrogen-bond donors (Lipinski definition) is 2. The molecule has 0 aromatic heterocycles. The van der Waals surface area contributed by atoms with Crippen LogP contribution in [0.1, 0.15) is 12.0 Å². The van der Waals surface area contributed by atoms with Crippen LogP contribution in [0.3, 0.4) is 0 Å². The molecular formula is C14H21N3O2. The normalized spacial score (nSPS) is 22.7.